The number of rotatable bonds is 2. The molecule has 1 aromatic rings. The van der Waals surface area contributed by atoms with Crippen LogP contribution in [-0.2, 0) is 16.1 Å². The van der Waals surface area contributed by atoms with E-state index in [-0.39, 0.29) is 11.6 Å². The van der Waals surface area contributed by atoms with Gasteiger partial charge in [-0.25, -0.2) is 5.06 Å². The van der Waals surface area contributed by atoms with Gasteiger partial charge in [0.05, 0.1) is 0 Å². The maximum atomic E-state index is 11.1. The van der Waals surface area contributed by atoms with Crippen molar-refractivity contribution in [1.82, 2.24) is 10.4 Å². The molecule has 0 bridgehead atoms. The number of hydrogen-bond acceptors (Lipinski definition) is 3. The molecule has 5 nitrogen and oxygen atoms in total. The third-order valence-corrected chi connectivity index (χ3v) is 1.78. The molecule has 0 aromatic heterocycles. The second kappa shape index (κ2) is 5.11. The Morgan fingerprint density at radius 3 is 2.47 bits per heavy atom. The van der Waals surface area contributed by atoms with Crippen LogP contribution in [0.5, 0.6) is 0 Å². The predicted molar refractivity (Wildman–Crippen MR) is 52.8 cm³/mol. The lowest BCUT2D eigenvalue weighted by Gasteiger charge is -2.08. The van der Waals surface area contributed by atoms with Gasteiger partial charge in [-0.3, -0.25) is 14.8 Å². The van der Waals surface area contributed by atoms with Crippen molar-refractivity contribution in [3.05, 3.63) is 35.9 Å². The number of benzene rings is 1. The summed E-state index contributed by atoms with van der Waals surface area (Å²) < 4.78 is 0. The summed E-state index contributed by atoms with van der Waals surface area (Å²) in [7, 11) is 1.10. The lowest BCUT2D eigenvalue weighted by atomic mass is 10.2. The fraction of sp³-hybridized carbons (Fsp3) is 0.200. The van der Waals surface area contributed by atoms with Crippen LogP contribution in [0.15, 0.2) is 30.3 Å². The quantitative estimate of drug-likeness (QED) is 0.413. The van der Waals surface area contributed by atoms with Crippen LogP contribution >= 0.6 is 0 Å². The lowest BCUT2D eigenvalue weighted by Crippen LogP contribution is -2.39. The van der Waals surface area contributed by atoms with Gasteiger partial charge in [0, 0.05) is 13.6 Å². The number of nitrogens with one attached hydrogen (secondary N) is 1. The van der Waals surface area contributed by atoms with Gasteiger partial charge in [0.2, 0.25) is 0 Å². The zero-order valence-electron chi connectivity index (χ0n) is 8.30. The van der Waals surface area contributed by atoms with Crippen molar-refractivity contribution in [3.63, 3.8) is 0 Å². The summed E-state index contributed by atoms with van der Waals surface area (Å²) in [6.45, 7) is 0.263. The smallest absolute Gasteiger partial charge is 0.334 e. The molecule has 0 fully saturated rings. The summed E-state index contributed by atoms with van der Waals surface area (Å²) in [5.41, 5.74) is 0.888. The van der Waals surface area contributed by atoms with Crippen LogP contribution in [0, 0.1) is 0 Å². The predicted octanol–water partition coefficient (Wildman–Crippen LogP) is 0.150. The first-order valence-corrected chi connectivity index (χ1v) is 4.40. The van der Waals surface area contributed by atoms with E-state index in [9.17, 15) is 9.59 Å². The minimum atomic E-state index is -0.981. The van der Waals surface area contributed by atoms with Crippen molar-refractivity contribution in [2.45, 2.75) is 6.54 Å². The van der Waals surface area contributed by atoms with Crippen molar-refractivity contribution < 1.29 is 14.8 Å². The van der Waals surface area contributed by atoms with Gasteiger partial charge in [0.15, 0.2) is 0 Å². The maximum absolute atomic E-state index is 11.1. The van der Waals surface area contributed by atoms with Crippen LogP contribution in [0.2, 0.25) is 0 Å². The second-order valence-electron chi connectivity index (χ2n) is 3.00. The number of hydroxylamine groups is 2. The fourth-order valence-electron chi connectivity index (χ4n) is 1.00. The Balaban J connectivity index is 2.45. The van der Waals surface area contributed by atoms with Crippen molar-refractivity contribution in [3.8, 4) is 0 Å². The SMILES string of the molecule is CN(O)C(=O)C(=O)NCc1ccccc1. The molecule has 0 saturated carbocycles. The highest BCUT2D eigenvalue weighted by Crippen LogP contribution is 1.96. The summed E-state index contributed by atoms with van der Waals surface area (Å²) in [5.74, 6) is -1.81. The zero-order chi connectivity index (χ0) is 11.3. The monoisotopic (exact) mass is 208 g/mol. The zero-order valence-corrected chi connectivity index (χ0v) is 8.30. The number of hydrogen-bond donors (Lipinski definition) is 2. The Morgan fingerprint density at radius 2 is 1.93 bits per heavy atom. The summed E-state index contributed by atoms with van der Waals surface area (Å²) in [6.07, 6.45) is 0. The minimum absolute atomic E-state index is 0.250. The van der Waals surface area contributed by atoms with E-state index < -0.39 is 11.8 Å². The first kappa shape index (κ1) is 11.2. The van der Waals surface area contributed by atoms with E-state index in [0.717, 1.165) is 12.6 Å². The molecule has 0 radical (unpaired) electrons. The molecule has 0 unspecified atom stereocenters. The van der Waals surface area contributed by atoms with Crippen LogP contribution in [0.1, 0.15) is 5.56 Å². The average molecular weight is 208 g/mol. The van der Waals surface area contributed by atoms with E-state index in [4.69, 9.17) is 5.21 Å². The van der Waals surface area contributed by atoms with Crippen molar-refractivity contribution in [2.24, 2.45) is 0 Å². The molecule has 2 amide bonds. The fourth-order valence-corrected chi connectivity index (χ4v) is 1.00. The summed E-state index contributed by atoms with van der Waals surface area (Å²) in [4.78, 5) is 22.0. The second-order valence-corrected chi connectivity index (χ2v) is 3.00. The molecule has 0 aliphatic rings. The molecule has 1 rings (SSSR count). The Kier molecular flexibility index (Phi) is 3.82. The molecule has 80 valence electrons. The number of amides is 2. The molecule has 0 atom stereocenters. The molecule has 0 saturated heterocycles. The highest BCUT2D eigenvalue weighted by molar-refractivity contribution is 6.34. The summed E-state index contributed by atoms with van der Waals surface area (Å²) in [5, 5.41) is 11.4. The van der Waals surface area contributed by atoms with Gasteiger partial charge < -0.3 is 5.32 Å². The van der Waals surface area contributed by atoms with E-state index in [1.807, 2.05) is 30.3 Å². The number of carbonyl (C=O) groups is 2. The van der Waals surface area contributed by atoms with E-state index >= 15 is 0 Å². The van der Waals surface area contributed by atoms with Gasteiger partial charge in [0.1, 0.15) is 0 Å². The number of nitrogens with zero attached hydrogens (tertiary/aromatic N) is 1. The number of likely N-dealkylation sites (N-methyl/N-ethyl adjacent to an activating group) is 1. The largest absolute Gasteiger partial charge is 0.344 e. The molecule has 15 heavy (non-hydrogen) atoms. The summed E-state index contributed by atoms with van der Waals surface area (Å²) in [6, 6.07) is 9.18. The van der Waals surface area contributed by atoms with Gasteiger partial charge in [-0.05, 0) is 5.56 Å². The molecule has 0 spiro atoms. The topological polar surface area (TPSA) is 69.6 Å². The highest BCUT2D eigenvalue weighted by Gasteiger charge is 2.16. The Hall–Kier alpha value is -1.88. The number of carbonyl (C=O) groups excluding carboxylic acids is 2. The van der Waals surface area contributed by atoms with E-state index in [0.29, 0.717) is 0 Å². The molecule has 1 aromatic carbocycles. The molecule has 2 N–H and O–H groups in total. The van der Waals surface area contributed by atoms with Gasteiger partial charge in [0.25, 0.3) is 0 Å². The van der Waals surface area contributed by atoms with Gasteiger partial charge in [-0.15, -0.1) is 0 Å². The molecule has 5 heteroatoms. The highest BCUT2D eigenvalue weighted by atomic mass is 16.5. The van der Waals surface area contributed by atoms with Gasteiger partial charge in [-0.2, -0.15) is 0 Å². The molecule has 0 aliphatic carbocycles. The lowest BCUT2D eigenvalue weighted by molar-refractivity contribution is -0.166. The average Bonchev–Trinajstić information content (AvgIpc) is 2.26. The van der Waals surface area contributed by atoms with Crippen LogP contribution in [-0.4, -0.2) is 29.1 Å². The molecule has 0 heterocycles. The molecule has 0 aliphatic heterocycles. The van der Waals surface area contributed by atoms with Crippen molar-refractivity contribution in [1.29, 1.82) is 0 Å². The Morgan fingerprint density at radius 1 is 1.33 bits per heavy atom. The van der Waals surface area contributed by atoms with Crippen LogP contribution < -0.4 is 5.32 Å². The van der Waals surface area contributed by atoms with Crippen molar-refractivity contribution >= 4 is 11.8 Å². The third kappa shape index (κ3) is 3.40. The standard InChI is InChI=1S/C10H12N2O3/c1-12(15)10(14)9(13)11-7-8-5-3-2-4-6-8/h2-6,15H,7H2,1H3,(H,11,13). The summed E-state index contributed by atoms with van der Waals surface area (Å²) >= 11 is 0. The van der Waals surface area contributed by atoms with Gasteiger partial charge >= 0.3 is 11.8 Å². The molecular weight excluding hydrogens is 196 g/mol. The van der Waals surface area contributed by atoms with Crippen molar-refractivity contribution in [2.75, 3.05) is 7.05 Å². The van der Waals surface area contributed by atoms with E-state index in [2.05, 4.69) is 5.32 Å². The molecular formula is C10H12N2O3. The van der Waals surface area contributed by atoms with E-state index in [1.54, 1.807) is 0 Å². The normalized spacial score (nSPS) is 9.47. The van der Waals surface area contributed by atoms with E-state index in [1.165, 1.54) is 0 Å². The maximum Gasteiger partial charge on any atom is 0.334 e. The van der Waals surface area contributed by atoms with Crippen LogP contribution in [0.3, 0.4) is 0 Å². The Bertz CT molecular complexity index is 349. The first-order valence-electron chi connectivity index (χ1n) is 4.40. The van der Waals surface area contributed by atoms with Gasteiger partial charge in [-0.1, -0.05) is 30.3 Å². The van der Waals surface area contributed by atoms with Crippen LogP contribution in [0.4, 0.5) is 0 Å². The Labute approximate surface area is 87.3 Å². The first-order chi connectivity index (χ1) is 7.11. The minimum Gasteiger partial charge on any atom is -0.344 e. The van der Waals surface area contributed by atoms with Crippen LogP contribution in [0.25, 0.3) is 0 Å². The third-order valence-electron chi connectivity index (χ3n) is 1.78.